The van der Waals surface area contributed by atoms with E-state index in [-0.39, 0.29) is 0 Å². The molecule has 1 aromatic heterocycles. The summed E-state index contributed by atoms with van der Waals surface area (Å²) in [7, 11) is 3.33. The van der Waals surface area contributed by atoms with Crippen molar-refractivity contribution in [3.05, 3.63) is 71.8 Å². The third kappa shape index (κ3) is 3.81. The van der Waals surface area contributed by atoms with Crippen molar-refractivity contribution in [2.45, 2.75) is 26.4 Å². The highest BCUT2D eigenvalue weighted by atomic mass is 16.5. The third-order valence-electron chi connectivity index (χ3n) is 5.52. The number of aryl methyl sites for hydroxylation is 1. The largest absolute Gasteiger partial charge is 0.493 e. The summed E-state index contributed by atoms with van der Waals surface area (Å²) in [5, 5.41) is 6.24. The number of hydrogen-bond acceptors (Lipinski definition) is 3. The zero-order valence-corrected chi connectivity index (χ0v) is 17.4. The lowest BCUT2D eigenvalue weighted by atomic mass is 10.1. The van der Waals surface area contributed by atoms with E-state index in [9.17, 15) is 0 Å². The lowest BCUT2D eigenvalue weighted by Crippen LogP contribution is -2.16. The van der Waals surface area contributed by atoms with Gasteiger partial charge < -0.3 is 19.4 Å². The maximum absolute atomic E-state index is 5.39. The smallest absolute Gasteiger partial charge is 0.160 e. The summed E-state index contributed by atoms with van der Waals surface area (Å²) in [5.74, 6) is 1.55. The Balaban J connectivity index is 1.45. The predicted molar refractivity (Wildman–Crippen MR) is 120 cm³/mol. The molecule has 0 amide bonds. The minimum atomic E-state index is 0.767. The van der Waals surface area contributed by atoms with E-state index >= 15 is 0 Å². The normalized spacial score (nSPS) is 11.3. The Morgan fingerprint density at radius 2 is 1.55 bits per heavy atom. The second-order valence-corrected chi connectivity index (χ2v) is 7.23. The number of benzene rings is 3. The molecule has 150 valence electrons. The van der Waals surface area contributed by atoms with E-state index in [1.807, 2.05) is 12.1 Å². The molecule has 0 atom stereocenters. The van der Waals surface area contributed by atoms with Crippen molar-refractivity contribution in [1.29, 1.82) is 0 Å². The topological polar surface area (TPSA) is 35.4 Å². The minimum absolute atomic E-state index is 0.767. The molecule has 0 aliphatic carbocycles. The fourth-order valence-electron chi connectivity index (χ4n) is 4.05. The van der Waals surface area contributed by atoms with Crippen LogP contribution in [0, 0.1) is 0 Å². The van der Waals surface area contributed by atoms with Crippen molar-refractivity contribution in [3.8, 4) is 11.5 Å². The number of rotatable bonds is 8. The maximum atomic E-state index is 5.39. The molecule has 4 aromatic rings. The quantitative estimate of drug-likeness (QED) is 0.423. The van der Waals surface area contributed by atoms with Gasteiger partial charge in [0.1, 0.15) is 0 Å². The molecule has 4 rings (SSSR count). The Labute approximate surface area is 172 Å². The van der Waals surface area contributed by atoms with Gasteiger partial charge in [-0.15, -0.1) is 0 Å². The summed E-state index contributed by atoms with van der Waals surface area (Å²) in [4.78, 5) is 0. The first kappa shape index (κ1) is 19.3. The first-order valence-corrected chi connectivity index (χ1v) is 10.2. The van der Waals surface area contributed by atoms with Gasteiger partial charge in [0, 0.05) is 34.9 Å². The molecular formula is C25H28N2O2. The first-order valence-electron chi connectivity index (χ1n) is 10.2. The van der Waals surface area contributed by atoms with E-state index in [1.165, 1.54) is 32.9 Å². The fraction of sp³-hybridized carbons (Fsp3) is 0.280. The van der Waals surface area contributed by atoms with Crippen LogP contribution in [0.15, 0.2) is 60.7 Å². The summed E-state index contributed by atoms with van der Waals surface area (Å²) in [6.07, 6.45) is 0.942. The molecule has 0 saturated heterocycles. The van der Waals surface area contributed by atoms with E-state index in [1.54, 1.807) is 14.2 Å². The number of fused-ring (bicyclic) bond motifs is 3. The van der Waals surface area contributed by atoms with Gasteiger partial charge in [0.2, 0.25) is 0 Å². The number of nitrogens with one attached hydrogen (secondary N) is 1. The minimum Gasteiger partial charge on any atom is -0.493 e. The number of methoxy groups -OCH3 is 2. The van der Waals surface area contributed by atoms with Crippen molar-refractivity contribution in [2.24, 2.45) is 0 Å². The van der Waals surface area contributed by atoms with E-state index in [4.69, 9.17) is 9.47 Å². The molecule has 0 aliphatic rings. The highest BCUT2D eigenvalue weighted by Gasteiger charge is 2.09. The average Bonchev–Trinajstić information content (AvgIpc) is 3.09. The van der Waals surface area contributed by atoms with Crippen LogP contribution in [0.25, 0.3) is 21.8 Å². The molecule has 0 saturated carbocycles. The van der Waals surface area contributed by atoms with Crippen LogP contribution in [0.3, 0.4) is 0 Å². The van der Waals surface area contributed by atoms with Crippen molar-refractivity contribution < 1.29 is 9.47 Å². The molecule has 0 bridgehead atoms. The Morgan fingerprint density at radius 1 is 0.793 bits per heavy atom. The summed E-state index contributed by atoms with van der Waals surface area (Å²) < 4.78 is 13.1. The maximum Gasteiger partial charge on any atom is 0.160 e. The van der Waals surface area contributed by atoms with Gasteiger partial charge in [-0.1, -0.05) is 30.3 Å². The van der Waals surface area contributed by atoms with Gasteiger partial charge in [0.05, 0.1) is 14.2 Å². The molecule has 4 nitrogen and oxygen atoms in total. The van der Waals surface area contributed by atoms with E-state index in [0.717, 1.165) is 37.6 Å². The van der Waals surface area contributed by atoms with Crippen LogP contribution in [-0.2, 0) is 19.5 Å². The molecular weight excluding hydrogens is 360 g/mol. The van der Waals surface area contributed by atoms with Gasteiger partial charge in [-0.3, -0.25) is 0 Å². The van der Waals surface area contributed by atoms with Crippen molar-refractivity contribution >= 4 is 21.8 Å². The van der Waals surface area contributed by atoms with Gasteiger partial charge in [-0.2, -0.15) is 0 Å². The first-order chi connectivity index (χ1) is 14.2. The van der Waals surface area contributed by atoms with Gasteiger partial charge in [-0.25, -0.2) is 0 Å². The highest BCUT2D eigenvalue weighted by Crippen LogP contribution is 2.30. The molecule has 0 radical (unpaired) electrons. The van der Waals surface area contributed by atoms with Crippen LogP contribution < -0.4 is 14.8 Å². The van der Waals surface area contributed by atoms with Gasteiger partial charge >= 0.3 is 0 Å². The predicted octanol–water partition coefficient (Wildman–Crippen LogP) is 5.16. The fourth-order valence-corrected chi connectivity index (χ4v) is 4.05. The van der Waals surface area contributed by atoms with Crippen LogP contribution in [0.1, 0.15) is 18.1 Å². The highest BCUT2D eigenvalue weighted by molar-refractivity contribution is 6.08. The summed E-state index contributed by atoms with van der Waals surface area (Å²) >= 11 is 0. The molecule has 4 heteroatoms. The number of aromatic nitrogens is 1. The second kappa shape index (κ2) is 8.58. The molecule has 1 heterocycles. The average molecular weight is 389 g/mol. The van der Waals surface area contributed by atoms with Gasteiger partial charge in [-0.05, 0) is 61.3 Å². The van der Waals surface area contributed by atoms with E-state index in [0.29, 0.717) is 0 Å². The van der Waals surface area contributed by atoms with Crippen molar-refractivity contribution in [3.63, 3.8) is 0 Å². The van der Waals surface area contributed by atoms with Crippen LogP contribution >= 0.6 is 0 Å². The SMILES string of the molecule is CCn1c2ccccc2c2cc(CNCCc3ccc(OC)c(OC)c3)ccc21. The Bertz CT molecular complexity index is 1130. The molecule has 1 N–H and O–H groups in total. The number of para-hydroxylation sites is 1. The Morgan fingerprint density at radius 3 is 2.34 bits per heavy atom. The molecule has 0 aliphatic heterocycles. The molecule has 0 spiro atoms. The van der Waals surface area contributed by atoms with Crippen molar-refractivity contribution in [1.82, 2.24) is 9.88 Å². The summed E-state index contributed by atoms with van der Waals surface area (Å²) in [6.45, 7) is 4.95. The van der Waals surface area contributed by atoms with Crippen LogP contribution in [-0.4, -0.2) is 25.3 Å². The monoisotopic (exact) mass is 388 g/mol. The van der Waals surface area contributed by atoms with E-state index < -0.39 is 0 Å². The number of nitrogens with zero attached hydrogens (tertiary/aromatic N) is 1. The zero-order chi connectivity index (χ0) is 20.2. The van der Waals surface area contributed by atoms with Crippen LogP contribution in [0.4, 0.5) is 0 Å². The zero-order valence-electron chi connectivity index (χ0n) is 17.4. The lowest BCUT2D eigenvalue weighted by molar-refractivity contribution is 0.354. The summed E-state index contributed by atoms with van der Waals surface area (Å²) in [5.41, 5.74) is 5.16. The van der Waals surface area contributed by atoms with E-state index in [2.05, 4.69) is 65.3 Å². The van der Waals surface area contributed by atoms with Gasteiger partial charge in [0.15, 0.2) is 11.5 Å². The molecule has 0 fully saturated rings. The standard InChI is InChI=1S/C25H28N2O2/c1-4-27-22-8-6-5-7-20(22)21-15-19(9-11-23(21)27)17-26-14-13-18-10-12-24(28-2)25(16-18)29-3/h5-12,15-16,26H,4,13-14,17H2,1-3H3. The van der Waals surface area contributed by atoms with Crippen LogP contribution in [0.2, 0.25) is 0 Å². The Kier molecular flexibility index (Phi) is 5.72. The third-order valence-corrected chi connectivity index (χ3v) is 5.52. The van der Waals surface area contributed by atoms with Crippen LogP contribution in [0.5, 0.6) is 11.5 Å². The molecule has 3 aromatic carbocycles. The lowest BCUT2D eigenvalue weighted by Gasteiger charge is -2.10. The van der Waals surface area contributed by atoms with Crippen molar-refractivity contribution in [2.75, 3.05) is 20.8 Å². The Hall–Kier alpha value is -2.98. The number of ether oxygens (including phenoxy) is 2. The summed E-state index contributed by atoms with van der Waals surface area (Å²) in [6, 6.07) is 21.6. The van der Waals surface area contributed by atoms with Gasteiger partial charge in [0.25, 0.3) is 0 Å². The second-order valence-electron chi connectivity index (χ2n) is 7.23. The number of hydrogen-bond donors (Lipinski definition) is 1. The molecule has 0 unspecified atom stereocenters. The molecule has 29 heavy (non-hydrogen) atoms.